The molecule has 1 atom stereocenters. The average Bonchev–Trinajstić information content (AvgIpc) is 2.90. The lowest BCUT2D eigenvalue weighted by Crippen LogP contribution is -2.30. The molecular formula is C16H25N5. The summed E-state index contributed by atoms with van der Waals surface area (Å²) in [6.45, 7) is 7.74. The highest BCUT2D eigenvalue weighted by molar-refractivity contribution is 5.34. The van der Waals surface area contributed by atoms with Crippen molar-refractivity contribution in [1.29, 1.82) is 0 Å². The molecule has 0 saturated heterocycles. The van der Waals surface area contributed by atoms with Gasteiger partial charge in [0.2, 0.25) is 0 Å². The fourth-order valence-corrected chi connectivity index (χ4v) is 3.56. The Balaban J connectivity index is 1.88. The lowest BCUT2D eigenvalue weighted by molar-refractivity contribution is 0.275. The van der Waals surface area contributed by atoms with Crippen LogP contribution >= 0.6 is 0 Å². The van der Waals surface area contributed by atoms with Gasteiger partial charge in [-0.2, -0.15) is 0 Å². The molecule has 0 radical (unpaired) electrons. The molecule has 2 N–H and O–H groups in total. The van der Waals surface area contributed by atoms with Crippen LogP contribution in [0.15, 0.2) is 12.4 Å². The van der Waals surface area contributed by atoms with Crippen molar-refractivity contribution in [3.63, 3.8) is 0 Å². The molecule has 114 valence electrons. The van der Waals surface area contributed by atoms with Gasteiger partial charge in [0.15, 0.2) is 0 Å². The van der Waals surface area contributed by atoms with Crippen LogP contribution in [0.3, 0.4) is 0 Å². The van der Waals surface area contributed by atoms with E-state index in [4.69, 9.17) is 5.73 Å². The van der Waals surface area contributed by atoms with Crippen LogP contribution in [-0.4, -0.2) is 19.3 Å². The van der Waals surface area contributed by atoms with Crippen LogP contribution in [0.25, 0.3) is 0 Å². The van der Waals surface area contributed by atoms with E-state index in [-0.39, 0.29) is 11.5 Å². The van der Waals surface area contributed by atoms with E-state index < -0.39 is 0 Å². The van der Waals surface area contributed by atoms with Gasteiger partial charge in [-0.1, -0.05) is 13.8 Å². The largest absolute Gasteiger partial charge is 0.348 e. The van der Waals surface area contributed by atoms with Crippen molar-refractivity contribution >= 4 is 0 Å². The van der Waals surface area contributed by atoms with Crippen LogP contribution in [0.2, 0.25) is 0 Å². The summed E-state index contributed by atoms with van der Waals surface area (Å²) in [7, 11) is 1.99. The van der Waals surface area contributed by atoms with Crippen molar-refractivity contribution in [2.24, 2.45) is 18.2 Å². The van der Waals surface area contributed by atoms with Crippen LogP contribution < -0.4 is 5.73 Å². The van der Waals surface area contributed by atoms with Gasteiger partial charge in [-0.3, -0.25) is 0 Å². The number of nitrogens with zero attached hydrogens (tertiary/aromatic N) is 4. The molecular weight excluding hydrogens is 262 g/mol. The van der Waals surface area contributed by atoms with E-state index in [1.807, 2.05) is 11.6 Å². The molecule has 5 heteroatoms. The zero-order valence-corrected chi connectivity index (χ0v) is 13.4. The predicted octanol–water partition coefficient (Wildman–Crippen LogP) is 2.14. The third kappa shape index (κ3) is 2.62. The zero-order chi connectivity index (χ0) is 15.2. The maximum Gasteiger partial charge on any atom is 0.134 e. The number of hydrogen-bond donors (Lipinski definition) is 1. The molecule has 5 nitrogen and oxygen atoms in total. The van der Waals surface area contributed by atoms with Gasteiger partial charge < -0.3 is 14.9 Å². The van der Waals surface area contributed by atoms with Crippen molar-refractivity contribution in [1.82, 2.24) is 19.3 Å². The van der Waals surface area contributed by atoms with E-state index in [1.165, 1.54) is 17.0 Å². The molecule has 0 fully saturated rings. The second-order valence-electron chi connectivity index (χ2n) is 7.10. The monoisotopic (exact) mass is 287 g/mol. The summed E-state index contributed by atoms with van der Waals surface area (Å²) in [5.74, 6) is 1.02. The Bertz CT molecular complexity index is 650. The second kappa shape index (κ2) is 4.98. The van der Waals surface area contributed by atoms with Gasteiger partial charge in [-0.05, 0) is 36.8 Å². The van der Waals surface area contributed by atoms with Crippen LogP contribution in [0, 0.1) is 12.3 Å². The highest BCUT2D eigenvalue weighted by Crippen LogP contribution is 2.40. The highest BCUT2D eigenvalue weighted by atomic mass is 15.2. The van der Waals surface area contributed by atoms with Gasteiger partial charge in [0, 0.05) is 37.4 Å². The first-order chi connectivity index (χ1) is 9.87. The molecule has 2 aromatic rings. The molecule has 0 aromatic carbocycles. The van der Waals surface area contributed by atoms with Crippen molar-refractivity contribution in [3.8, 4) is 0 Å². The normalized spacial score (nSPS) is 20.5. The molecule has 1 aliphatic carbocycles. The molecule has 2 heterocycles. The summed E-state index contributed by atoms with van der Waals surface area (Å²) in [6, 6.07) is 2.44. The summed E-state index contributed by atoms with van der Waals surface area (Å²) in [6.07, 6.45) is 4.82. The Morgan fingerprint density at radius 2 is 2.19 bits per heavy atom. The van der Waals surface area contributed by atoms with Gasteiger partial charge in [-0.15, -0.1) is 10.2 Å². The van der Waals surface area contributed by atoms with Crippen LogP contribution in [-0.2, 0) is 26.4 Å². The zero-order valence-electron chi connectivity index (χ0n) is 13.4. The van der Waals surface area contributed by atoms with Gasteiger partial charge in [-0.25, -0.2) is 0 Å². The number of rotatable bonds is 3. The van der Waals surface area contributed by atoms with Crippen molar-refractivity contribution in [2.45, 2.75) is 52.6 Å². The molecule has 0 aliphatic heterocycles. The first-order valence-electron chi connectivity index (χ1n) is 7.65. The van der Waals surface area contributed by atoms with E-state index in [9.17, 15) is 0 Å². The Morgan fingerprint density at radius 1 is 1.43 bits per heavy atom. The van der Waals surface area contributed by atoms with Gasteiger partial charge in [0.05, 0.1) is 0 Å². The summed E-state index contributed by atoms with van der Waals surface area (Å²) in [5, 5.41) is 8.13. The van der Waals surface area contributed by atoms with E-state index >= 15 is 0 Å². The number of aromatic nitrogens is 4. The van der Waals surface area contributed by atoms with Crippen LogP contribution in [0.5, 0.6) is 0 Å². The quantitative estimate of drug-likeness (QED) is 0.941. The first-order valence-corrected chi connectivity index (χ1v) is 7.65. The first kappa shape index (κ1) is 14.3. The fourth-order valence-electron chi connectivity index (χ4n) is 3.56. The standard InChI is InChI=1S/C16H25N5/c1-11-7-12-13(17)8-16(2,3)9-14(12)21(11)6-5-15-19-18-10-20(15)4/h7,10,13H,5-6,8-9,17H2,1-4H3. The molecule has 21 heavy (non-hydrogen) atoms. The number of nitrogens with two attached hydrogens (primary N) is 1. The molecule has 1 unspecified atom stereocenters. The van der Waals surface area contributed by atoms with E-state index in [2.05, 4.69) is 41.6 Å². The van der Waals surface area contributed by atoms with Crippen molar-refractivity contribution < 1.29 is 0 Å². The Morgan fingerprint density at radius 3 is 2.86 bits per heavy atom. The predicted molar refractivity (Wildman–Crippen MR) is 82.9 cm³/mol. The number of fused-ring (bicyclic) bond motifs is 1. The number of aryl methyl sites for hydroxylation is 3. The third-order valence-electron chi connectivity index (χ3n) is 4.63. The van der Waals surface area contributed by atoms with Gasteiger partial charge >= 0.3 is 0 Å². The fraction of sp³-hybridized carbons (Fsp3) is 0.625. The smallest absolute Gasteiger partial charge is 0.134 e. The van der Waals surface area contributed by atoms with Gasteiger partial charge in [0.1, 0.15) is 12.2 Å². The number of hydrogen-bond acceptors (Lipinski definition) is 3. The molecule has 2 aromatic heterocycles. The highest BCUT2D eigenvalue weighted by Gasteiger charge is 2.33. The molecule has 0 bridgehead atoms. The van der Waals surface area contributed by atoms with Gasteiger partial charge in [0.25, 0.3) is 0 Å². The minimum Gasteiger partial charge on any atom is -0.348 e. The summed E-state index contributed by atoms with van der Waals surface area (Å²) < 4.78 is 4.41. The van der Waals surface area contributed by atoms with E-state index in [1.54, 1.807) is 6.33 Å². The maximum absolute atomic E-state index is 6.38. The molecule has 1 aliphatic rings. The maximum atomic E-state index is 6.38. The topological polar surface area (TPSA) is 61.7 Å². The molecule has 3 rings (SSSR count). The molecule has 0 amide bonds. The minimum absolute atomic E-state index is 0.165. The lowest BCUT2D eigenvalue weighted by Gasteiger charge is -2.34. The third-order valence-corrected chi connectivity index (χ3v) is 4.63. The van der Waals surface area contributed by atoms with Crippen molar-refractivity contribution in [2.75, 3.05) is 0 Å². The Labute approximate surface area is 126 Å². The van der Waals surface area contributed by atoms with E-state index in [0.29, 0.717) is 0 Å². The average molecular weight is 287 g/mol. The molecule has 0 saturated carbocycles. The second-order valence-corrected chi connectivity index (χ2v) is 7.10. The summed E-state index contributed by atoms with van der Waals surface area (Å²) >= 11 is 0. The van der Waals surface area contributed by atoms with Crippen molar-refractivity contribution in [3.05, 3.63) is 35.2 Å². The van der Waals surface area contributed by atoms with E-state index in [0.717, 1.165) is 31.6 Å². The Hall–Kier alpha value is -1.62. The molecule has 0 spiro atoms. The summed E-state index contributed by atoms with van der Waals surface area (Å²) in [5.41, 5.74) is 10.7. The minimum atomic E-state index is 0.165. The SMILES string of the molecule is Cc1cc2c(n1CCc1nncn1C)CC(C)(C)CC2N. The Kier molecular flexibility index (Phi) is 3.40. The lowest BCUT2D eigenvalue weighted by atomic mass is 9.74. The van der Waals surface area contributed by atoms with Crippen LogP contribution in [0.1, 0.15) is 49.1 Å². The summed E-state index contributed by atoms with van der Waals surface area (Å²) in [4.78, 5) is 0. The van der Waals surface area contributed by atoms with Crippen LogP contribution in [0.4, 0.5) is 0 Å².